The molecule has 1 aliphatic rings. The van der Waals surface area contributed by atoms with Crippen LogP contribution in [-0.2, 0) is 6.54 Å². The summed E-state index contributed by atoms with van der Waals surface area (Å²) in [5.74, 6) is 2.82. The number of aromatic nitrogens is 2. The van der Waals surface area contributed by atoms with Gasteiger partial charge in [0.2, 0.25) is 0 Å². The van der Waals surface area contributed by atoms with Crippen LogP contribution < -0.4 is 20.1 Å². The fraction of sp³-hybridized carbons (Fsp3) is 0.357. The van der Waals surface area contributed by atoms with E-state index in [2.05, 4.69) is 63.8 Å². The Bertz CT molecular complexity index is 1350. The predicted molar refractivity (Wildman–Crippen MR) is 147 cm³/mol. The molecular formula is C28H33N5O2S. The summed E-state index contributed by atoms with van der Waals surface area (Å²) in [5.41, 5.74) is 3.52. The molecule has 4 aromatic rings. The van der Waals surface area contributed by atoms with Crippen molar-refractivity contribution in [1.82, 2.24) is 20.2 Å². The van der Waals surface area contributed by atoms with Gasteiger partial charge in [0, 0.05) is 53.9 Å². The zero-order valence-corrected chi connectivity index (χ0v) is 22.1. The van der Waals surface area contributed by atoms with Crippen molar-refractivity contribution in [2.24, 2.45) is 0 Å². The monoisotopic (exact) mass is 503 g/mol. The lowest BCUT2D eigenvalue weighted by atomic mass is 10.1. The second kappa shape index (κ2) is 10.8. The summed E-state index contributed by atoms with van der Waals surface area (Å²) in [6, 6.07) is 17.2. The van der Waals surface area contributed by atoms with Crippen molar-refractivity contribution >= 4 is 28.1 Å². The lowest BCUT2D eigenvalue weighted by molar-refractivity contribution is 0.233. The van der Waals surface area contributed by atoms with Gasteiger partial charge in [-0.3, -0.25) is 4.90 Å². The van der Waals surface area contributed by atoms with E-state index in [1.807, 2.05) is 30.4 Å². The van der Waals surface area contributed by atoms with Crippen LogP contribution in [0.3, 0.4) is 0 Å². The maximum atomic E-state index is 5.52. The highest BCUT2D eigenvalue weighted by atomic mass is 32.1. The van der Waals surface area contributed by atoms with E-state index in [1.54, 1.807) is 14.2 Å². The molecule has 5 rings (SSSR count). The summed E-state index contributed by atoms with van der Waals surface area (Å²) in [6.45, 7) is 9.36. The first-order chi connectivity index (χ1) is 17.6. The number of anilines is 1. The molecule has 0 saturated carbocycles. The molecule has 3 heterocycles. The van der Waals surface area contributed by atoms with Crippen LogP contribution in [0.4, 0.5) is 5.82 Å². The Balaban J connectivity index is 1.40. The number of rotatable bonds is 8. The van der Waals surface area contributed by atoms with Crippen LogP contribution in [0, 0.1) is 6.92 Å². The Morgan fingerprint density at radius 3 is 2.56 bits per heavy atom. The number of aryl methyl sites for hydroxylation is 1. The van der Waals surface area contributed by atoms with E-state index >= 15 is 0 Å². The standard InChI is InChI=1S/C28H33N5O2S/c1-18(30-28-22-15-24(34-3)25(35-4)16-23(22)31-19(2)32-28)26-9-10-27(36-26)21-8-6-5-7-20(21)17-33-13-11-29-12-14-33/h5-10,15-16,18,29H,11-14,17H2,1-4H3,(H,30,31,32). The number of methoxy groups -OCH3 is 2. The van der Waals surface area contributed by atoms with Crippen LogP contribution in [0.25, 0.3) is 21.3 Å². The number of ether oxygens (including phenoxy) is 2. The number of fused-ring (bicyclic) bond motifs is 1. The van der Waals surface area contributed by atoms with Crippen molar-refractivity contribution in [2.45, 2.75) is 26.4 Å². The number of hydrogen-bond donors (Lipinski definition) is 2. The molecule has 8 heteroatoms. The van der Waals surface area contributed by atoms with Crippen LogP contribution in [0.1, 0.15) is 29.2 Å². The summed E-state index contributed by atoms with van der Waals surface area (Å²) in [7, 11) is 3.27. The number of hydrogen-bond acceptors (Lipinski definition) is 8. The Morgan fingerprint density at radius 1 is 1.03 bits per heavy atom. The van der Waals surface area contributed by atoms with E-state index in [0.29, 0.717) is 17.3 Å². The molecule has 188 valence electrons. The lowest BCUT2D eigenvalue weighted by Gasteiger charge is -2.27. The lowest BCUT2D eigenvalue weighted by Crippen LogP contribution is -2.42. The minimum atomic E-state index is 0.0784. The molecule has 2 aromatic carbocycles. The Morgan fingerprint density at radius 2 is 1.78 bits per heavy atom. The molecule has 2 N–H and O–H groups in total. The van der Waals surface area contributed by atoms with Gasteiger partial charge in [-0.05, 0) is 43.2 Å². The van der Waals surface area contributed by atoms with Gasteiger partial charge < -0.3 is 20.1 Å². The van der Waals surface area contributed by atoms with Gasteiger partial charge in [0.1, 0.15) is 11.6 Å². The smallest absolute Gasteiger partial charge is 0.162 e. The second-order valence-corrected chi connectivity index (χ2v) is 10.2. The van der Waals surface area contributed by atoms with E-state index in [1.165, 1.54) is 20.9 Å². The van der Waals surface area contributed by atoms with Gasteiger partial charge in [0.15, 0.2) is 11.5 Å². The predicted octanol–water partition coefficient (Wildman–Crippen LogP) is 5.26. The fourth-order valence-electron chi connectivity index (χ4n) is 4.70. The maximum absolute atomic E-state index is 5.52. The van der Waals surface area contributed by atoms with Crippen molar-refractivity contribution in [2.75, 3.05) is 45.7 Å². The average molecular weight is 504 g/mol. The van der Waals surface area contributed by atoms with Crippen LogP contribution in [0.2, 0.25) is 0 Å². The Kier molecular flexibility index (Phi) is 7.36. The third-order valence-electron chi connectivity index (χ3n) is 6.61. The van der Waals surface area contributed by atoms with Gasteiger partial charge >= 0.3 is 0 Å². The molecule has 1 saturated heterocycles. The minimum Gasteiger partial charge on any atom is -0.493 e. The molecular weight excluding hydrogens is 470 g/mol. The number of nitrogens with zero attached hydrogens (tertiary/aromatic N) is 3. The third kappa shape index (κ3) is 5.16. The van der Waals surface area contributed by atoms with Gasteiger partial charge in [-0.2, -0.15) is 0 Å². The number of piperazine rings is 1. The van der Waals surface area contributed by atoms with Crippen LogP contribution in [0.15, 0.2) is 48.5 Å². The van der Waals surface area contributed by atoms with Crippen LogP contribution in [-0.4, -0.2) is 55.3 Å². The Labute approximate surface area is 216 Å². The van der Waals surface area contributed by atoms with Gasteiger partial charge in [-0.15, -0.1) is 11.3 Å². The van der Waals surface area contributed by atoms with Crippen molar-refractivity contribution in [1.29, 1.82) is 0 Å². The van der Waals surface area contributed by atoms with Crippen molar-refractivity contribution in [3.05, 3.63) is 64.8 Å². The molecule has 7 nitrogen and oxygen atoms in total. The largest absolute Gasteiger partial charge is 0.493 e. The third-order valence-corrected chi connectivity index (χ3v) is 7.91. The molecule has 2 aromatic heterocycles. The summed E-state index contributed by atoms with van der Waals surface area (Å²) in [4.78, 5) is 14.4. The summed E-state index contributed by atoms with van der Waals surface area (Å²) in [6.07, 6.45) is 0. The first-order valence-electron chi connectivity index (χ1n) is 12.3. The molecule has 0 spiro atoms. The van der Waals surface area contributed by atoms with Gasteiger partial charge in [0.05, 0.1) is 25.8 Å². The quantitative estimate of drug-likeness (QED) is 0.340. The summed E-state index contributed by atoms with van der Waals surface area (Å²) in [5, 5.41) is 7.97. The first kappa shape index (κ1) is 24.5. The number of benzene rings is 2. The molecule has 0 aliphatic carbocycles. The highest BCUT2D eigenvalue weighted by molar-refractivity contribution is 7.15. The first-order valence-corrected chi connectivity index (χ1v) is 13.2. The van der Waals surface area contributed by atoms with E-state index in [9.17, 15) is 0 Å². The molecule has 1 aliphatic heterocycles. The highest BCUT2D eigenvalue weighted by Gasteiger charge is 2.18. The zero-order chi connectivity index (χ0) is 25.1. The molecule has 1 unspecified atom stereocenters. The maximum Gasteiger partial charge on any atom is 0.162 e. The number of nitrogens with one attached hydrogen (secondary N) is 2. The molecule has 0 bridgehead atoms. The zero-order valence-electron chi connectivity index (χ0n) is 21.3. The molecule has 0 radical (unpaired) electrons. The summed E-state index contributed by atoms with van der Waals surface area (Å²) >= 11 is 1.83. The van der Waals surface area contributed by atoms with E-state index in [-0.39, 0.29) is 6.04 Å². The van der Waals surface area contributed by atoms with Gasteiger partial charge in [0.25, 0.3) is 0 Å². The second-order valence-electron chi connectivity index (χ2n) is 9.10. The van der Waals surface area contributed by atoms with Crippen molar-refractivity contribution < 1.29 is 9.47 Å². The normalized spacial score (nSPS) is 15.1. The molecule has 0 amide bonds. The molecule has 1 atom stereocenters. The molecule has 1 fully saturated rings. The van der Waals surface area contributed by atoms with E-state index in [0.717, 1.165) is 49.4 Å². The topological polar surface area (TPSA) is 71.5 Å². The highest BCUT2D eigenvalue weighted by Crippen LogP contribution is 2.37. The van der Waals surface area contributed by atoms with Gasteiger partial charge in [-0.1, -0.05) is 24.3 Å². The van der Waals surface area contributed by atoms with E-state index < -0.39 is 0 Å². The van der Waals surface area contributed by atoms with Crippen molar-refractivity contribution in [3.63, 3.8) is 0 Å². The van der Waals surface area contributed by atoms with Gasteiger partial charge in [-0.25, -0.2) is 9.97 Å². The minimum absolute atomic E-state index is 0.0784. The Hall–Kier alpha value is -3.20. The average Bonchev–Trinajstić information content (AvgIpc) is 3.39. The van der Waals surface area contributed by atoms with Crippen molar-refractivity contribution in [3.8, 4) is 21.9 Å². The van der Waals surface area contributed by atoms with E-state index in [4.69, 9.17) is 14.5 Å². The number of thiophene rings is 1. The SMILES string of the molecule is COc1cc2nc(C)nc(NC(C)c3ccc(-c4ccccc4CN4CCNCC4)s3)c2cc1OC. The van der Waals surface area contributed by atoms with Crippen LogP contribution >= 0.6 is 11.3 Å². The summed E-state index contributed by atoms with van der Waals surface area (Å²) < 4.78 is 11.0. The fourth-order valence-corrected chi connectivity index (χ4v) is 5.77. The van der Waals surface area contributed by atoms with Crippen LogP contribution in [0.5, 0.6) is 11.5 Å². The molecule has 36 heavy (non-hydrogen) atoms.